The van der Waals surface area contributed by atoms with Crippen LogP contribution >= 0.6 is 15.9 Å². The first-order valence-corrected chi connectivity index (χ1v) is 6.77. The van der Waals surface area contributed by atoms with Gasteiger partial charge in [0.05, 0.1) is 24.7 Å². The Morgan fingerprint density at radius 2 is 2.33 bits per heavy atom. The molecule has 2 rings (SSSR count). The second-order valence-corrected chi connectivity index (χ2v) is 5.32. The normalized spacial score (nSPS) is 17.3. The Morgan fingerprint density at radius 3 is 3.06 bits per heavy atom. The number of anilines is 2. The molecule has 98 valence electrons. The van der Waals surface area contributed by atoms with Gasteiger partial charge < -0.3 is 15.0 Å². The lowest BCUT2D eigenvalue weighted by molar-refractivity contribution is -0.140. The van der Waals surface area contributed by atoms with E-state index in [0.29, 0.717) is 6.42 Å². The molecule has 18 heavy (non-hydrogen) atoms. The minimum absolute atomic E-state index is 0.143. The standard InChI is InChI=1S/C13H17BrN2O2/c1-16-11-7-6-9(14)8-10(11)15-12(16)4-3-5-13(17)18-2/h6-8,12,15H,3-5H2,1-2H3. The lowest BCUT2D eigenvalue weighted by atomic mass is 10.2. The summed E-state index contributed by atoms with van der Waals surface area (Å²) in [6.07, 6.45) is 2.46. The van der Waals surface area contributed by atoms with Crippen LogP contribution in [0.5, 0.6) is 0 Å². The molecule has 1 aromatic rings. The van der Waals surface area contributed by atoms with Gasteiger partial charge in [0.1, 0.15) is 0 Å². The lowest BCUT2D eigenvalue weighted by Gasteiger charge is -2.21. The molecule has 1 aliphatic heterocycles. The van der Waals surface area contributed by atoms with Gasteiger partial charge in [-0.05, 0) is 31.0 Å². The van der Waals surface area contributed by atoms with E-state index in [0.717, 1.165) is 23.0 Å². The predicted molar refractivity (Wildman–Crippen MR) is 75.8 cm³/mol. The maximum atomic E-state index is 11.1. The second-order valence-electron chi connectivity index (χ2n) is 4.40. The Balaban J connectivity index is 1.92. The van der Waals surface area contributed by atoms with Crippen molar-refractivity contribution in [2.24, 2.45) is 0 Å². The average Bonchev–Trinajstić information content (AvgIpc) is 2.65. The molecule has 1 aliphatic rings. The average molecular weight is 313 g/mol. The van der Waals surface area contributed by atoms with E-state index in [-0.39, 0.29) is 12.1 Å². The summed E-state index contributed by atoms with van der Waals surface area (Å²) < 4.78 is 5.71. The Bertz CT molecular complexity index is 451. The number of ether oxygens (including phenoxy) is 1. The summed E-state index contributed by atoms with van der Waals surface area (Å²) in [6, 6.07) is 6.20. The van der Waals surface area contributed by atoms with Gasteiger partial charge in [-0.25, -0.2) is 0 Å². The molecule has 0 aromatic heterocycles. The number of hydrogen-bond donors (Lipinski definition) is 1. The van der Waals surface area contributed by atoms with Crippen molar-refractivity contribution in [2.75, 3.05) is 24.4 Å². The van der Waals surface area contributed by atoms with Crippen molar-refractivity contribution in [1.29, 1.82) is 0 Å². The summed E-state index contributed by atoms with van der Waals surface area (Å²) in [6.45, 7) is 0. The summed E-state index contributed by atoms with van der Waals surface area (Å²) in [7, 11) is 3.49. The second kappa shape index (κ2) is 5.61. The molecule has 0 amide bonds. The molecular weight excluding hydrogens is 296 g/mol. The first-order chi connectivity index (χ1) is 8.61. The van der Waals surface area contributed by atoms with E-state index in [2.05, 4.69) is 50.1 Å². The van der Waals surface area contributed by atoms with E-state index in [1.165, 1.54) is 12.8 Å². The van der Waals surface area contributed by atoms with Crippen LogP contribution in [0.15, 0.2) is 22.7 Å². The molecule has 1 unspecified atom stereocenters. The molecule has 0 saturated carbocycles. The molecular formula is C13H17BrN2O2. The Kier molecular flexibility index (Phi) is 4.11. The number of rotatable bonds is 4. The molecule has 0 saturated heterocycles. The molecule has 5 heteroatoms. The zero-order valence-corrected chi connectivity index (χ0v) is 12.2. The monoisotopic (exact) mass is 312 g/mol. The number of methoxy groups -OCH3 is 1. The van der Waals surface area contributed by atoms with Crippen molar-refractivity contribution < 1.29 is 9.53 Å². The van der Waals surface area contributed by atoms with E-state index in [1.807, 2.05) is 6.07 Å². The first kappa shape index (κ1) is 13.2. The molecule has 4 nitrogen and oxygen atoms in total. The van der Waals surface area contributed by atoms with Gasteiger partial charge in [-0.3, -0.25) is 4.79 Å². The number of fused-ring (bicyclic) bond motifs is 1. The molecule has 1 heterocycles. The van der Waals surface area contributed by atoms with E-state index in [1.54, 1.807) is 0 Å². The van der Waals surface area contributed by atoms with Gasteiger partial charge in [0.25, 0.3) is 0 Å². The number of halogens is 1. The number of nitrogens with zero attached hydrogens (tertiary/aromatic N) is 1. The van der Waals surface area contributed by atoms with E-state index in [9.17, 15) is 4.79 Å². The smallest absolute Gasteiger partial charge is 0.305 e. The Labute approximate surface area is 115 Å². The number of carbonyl (C=O) groups excluding carboxylic acids is 1. The summed E-state index contributed by atoms with van der Waals surface area (Å²) in [5.41, 5.74) is 2.33. The zero-order chi connectivity index (χ0) is 13.1. The predicted octanol–water partition coefficient (Wildman–Crippen LogP) is 2.98. The van der Waals surface area contributed by atoms with Crippen LogP contribution in [-0.2, 0) is 9.53 Å². The van der Waals surface area contributed by atoms with Crippen LogP contribution in [0.2, 0.25) is 0 Å². The van der Waals surface area contributed by atoms with Crippen molar-refractivity contribution in [1.82, 2.24) is 0 Å². The number of carbonyl (C=O) groups is 1. The van der Waals surface area contributed by atoms with Crippen molar-refractivity contribution >= 4 is 33.3 Å². The quantitative estimate of drug-likeness (QED) is 0.868. The maximum Gasteiger partial charge on any atom is 0.305 e. The van der Waals surface area contributed by atoms with Gasteiger partial charge in [0.2, 0.25) is 0 Å². The van der Waals surface area contributed by atoms with E-state index in [4.69, 9.17) is 0 Å². The van der Waals surface area contributed by atoms with Crippen LogP contribution in [0.1, 0.15) is 19.3 Å². The summed E-state index contributed by atoms with van der Waals surface area (Å²) in [4.78, 5) is 13.3. The fraction of sp³-hybridized carbons (Fsp3) is 0.462. The molecule has 0 bridgehead atoms. The minimum atomic E-state index is -0.143. The molecule has 0 spiro atoms. The Hall–Kier alpha value is -1.23. The highest BCUT2D eigenvalue weighted by molar-refractivity contribution is 9.10. The summed E-state index contributed by atoms with van der Waals surface area (Å²) in [5, 5.41) is 3.46. The van der Waals surface area contributed by atoms with Gasteiger partial charge in [-0.1, -0.05) is 15.9 Å². The van der Waals surface area contributed by atoms with Crippen molar-refractivity contribution in [3.05, 3.63) is 22.7 Å². The molecule has 1 atom stereocenters. The Morgan fingerprint density at radius 1 is 1.56 bits per heavy atom. The molecule has 0 radical (unpaired) electrons. The van der Waals surface area contributed by atoms with Gasteiger partial charge >= 0.3 is 5.97 Å². The minimum Gasteiger partial charge on any atom is -0.469 e. The van der Waals surface area contributed by atoms with Crippen molar-refractivity contribution in [3.8, 4) is 0 Å². The third-order valence-electron chi connectivity index (χ3n) is 3.21. The fourth-order valence-electron chi connectivity index (χ4n) is 2.18. The number of hydrogen-bond acceptors (Lipinski definition) is 4. The fourth-order valence-corrected chi connectivity index (χ4v) is 2.54. The van der Waals surface area contributed by atoms with E-state index >= 15 is 0 Å². The SMILES string of the molecule is COC(=O)CCCC1Nc2cc(Br)ccc2N1C. The highest BCUT2D eigenvalue weighted by atomic mass is 79.9. The molecule has 1 aromatic carbocycles. The van der Waals surface area contributed by atoms with Gasteiger partial charge in [0, 0.05) is 17.9 Å². The molecule has 1 N–H and O–H groups in total. The van der Waals surface area contributed by atoms with Crippen LogP contribution < -0.4 is 10.2 Å². The van der Waals surface area contributed by atoms with Crippen LogP contribution in [0.3, 0.4) is 0 Å². The van der Waals surface area contributed by atoms with Gasteiger partial charge in [-0.15, -0.1) is 0 Å². The molecule has 0 fully saturated rings. The third-order valence-corrected chi connectivity index (χ3v) is 3.71. The highest BCUT2D eigenvalue weighted by Gasteiger charge is 2.25. The number of nitrogens with one attached hydrogen (secondary N) is 1. The van der Waals surface area contributed by atoms with Gasteiger partial charge in [-0.2, -0.15) is 0 Å². The first-order valence-electron chi connectivity index (χ1n) is 5.97. The van der Waals surface area contributed by atoms with Gasteiger partial charge in [0.15, 0.2) is 0 Å². The number of benzene rings is 1. The van der Waals surface area contributed by atoms with Crippen LogP contribution in [0.4, 0.5) is 11.4 Å². The number of esters is 1. The van der Waals surface area contributed by atoms with Crippen LogP contribution in [0.25, 0.3) is 0 Å². The lowest BCUT2D eigenvalue weighted by Crippen LogP contribution is -2.32. The van der Waals surface area contributed by atoms with Crippen LogP contribution in [-0.4, -0.2) is 26.3 Å². The van der Waals surface area contributed by atoms with Crippen LogP contribution in [0, 0.1) is 0 Å². The van der Waals surface area contributed by atoms with Crippen molar-refractivity contribution in [2.45, 2.75) is 25.4 Å². The van der Waals surface area contributed by atoms with Crippen molar-refractivity contribution in [3.63, 3.8) is 0 Å². The summed E-state index contributed by atoms with van der Waals surface area (Å²) in [5.74, 6) is -0.143. The zero-order valence-electron chi connectivity index (χ0n) is 10.6. The van der Waals surface area contributed by atoms with E-state index < -0.39 is 0 Å². The largest absolute Gasteiger partial charge is 0.469 e. The highest BCUT2D eigenvalue weighted by Crippen LogP contribution is 2.36. The summed E-state index contributed by atoms with van der Waals surface area (Å²) >= 11 is 3.47. The molecule has 0 aliphatic carbocycles. The third kappa shape index (κ3) is 2.77. The maximum absolute atomic E-state index is 11.1. The topological polar surface area (TPSA) is 41.6 Å².